The van der Waals surface area contributed by atoms with Crippen LogP contribution in [0.3, 0.4) is 0 Å². The maximum atomic E-state index is 12.2. The lowest BCUT2D eigenvalue weighted by Crippen LogP contribution is -2.17. The highest BCUT2D eigenvalue weighted by Gasteiger charge is 2.26. The zero-order valence-electron chi connectivity index (χ0n) is 21.5. The number of nitrogens with zero attached hydrogens (tertiary/aromatic N) is 1. The summed E-state index contributed by atoms with van der Waals surface area (Å²) in [7, 11) is 0.422. The van der Waals surface area contributed by atoms with E-state index in [0.29, 0.717) is 6.61 Å². The minimum absolute atomic E-state index is 0.326. The Bertz CT molecular complexity index is 1260. The number of oxime groups is 1. The topological polar surface area (TPSA) is 57.1 Å². The molecule has 3 aromatic rings. The molecule has 0 bridgehead atoms. The van der Waals surface area contributed by atoms with Gasteiger partial charge in [0.05, 0.1) is 12.3 Å². The van der Waals surface area contributed by atoms with Crippen molar-refractivity contribution in [1.29, 1.82) is 0 Å². The van der Waals surface area contributed by atoms with E-state index < -0.39 is 8.15 Å². The van der Waals surface area contributed by atoms with Gasteiger partial charge in [0.1, 0.15) is 12.9 Å². The summed E-state index contributed by atoms with van der Waals surface area (Å²) in [4.78, 5) is 17.4. The molecule has 6 heteroatoms. The fraction of sp³-hybridized carbons (Fsp3) is 0.226. The van der Waals surface area contributed by atoms with Gasteiger partial charge in [0.25, 0.3) is 0 Å². The van der Waals surface area contributed by atoms with Gasteiger partial charge in [0, 0.05) is 27.8 Å². The Morgan fingerprint density at radius 1 is 0.946 bits per heavy atom. The second kappa shape index (κ2) is 13.0. The quantitative estimate of drug-likeness (QED) is 0.139. The normalized spacial score (nSPS) is 14.9. The summed E-state index contributed by atoms with van der Waals surface area (Å²) in [5.41, 5.74) is 4.89. The van der Waals surface area contributed by atoms with Gasteiger partial charge in [-0.25, -0.2) is 4.79 Å². The molecule has 1 aliphatic carbocycles. The molecule has 0 atom stereocenters. The van der Waals surface area contributed by atoms with Gasteiger partial charge in [0.15, 0.2) is 8.15 Å². The van der Waals surface area contributed by atoms with Gasteiger partial charge < -0.3 is 14.1 Å². The zero-order valence-corrected chi connectivity index (χ0v) is 22.4. The molecule has 0 aliphatic heterocycles. The van der Waals surface area contributed by atoms with E-state index in [2.05, 4.69) is 36.3 Å². The molecule has 0 saturated carbocycles. The number of benzene rings is 3. The molecule has 4 rings (SSSR count). The summed E-state index contributed by atoms with van der Waals surface area (Å²) in [5, 5.41) is 6.61. The highest BCUT2D eigenvalue weighted by Crippen LogP contribution is 2.44. The van der Waals surface area contributed by atoms with Crippen molar-refractivity contribution in [1.82, 2.24) is 0 Å². The first-order valence-corrected chi connectivity index (χ1v) is 13.7. The van der Waals surface area contributed by atoms with Crippen molar-refractivity contribution < 1.29 is 18.9 Å². The second-order valence-electron chi connectivity index (χ2n) is 8.59. The van der Waals surface area contributed by atoms with Crippen LogP contribution in [0.2, 0.25) is 0 Å². The molecule has 0 radical (unpaired) electrons. The third-order valence-corrected chi connectivity index (χ3v) is 7.96. The molecule has 0 unspecified atom stereocenters. The lowest BCUT2D eigenvalue weighted by Gasteiger charge is -2.26. The summed E-state index contributed by atoms with van der Waals surface area (Å²) in [6.07, 6.45) is 6.04. The molecular formula is C31H32NO4P. The first-order valence-electron chi connectivity index (χ1n) is 12.5. The van der Waals surface area contributed by atoms with Crippen LogP contribution in [-0.4, -0.2) is 25.4 Å². The Balaban J connectivity index is 1.89. The summed E-state index contributed by atoms with van der Waals surface area (Å²) >= 11 is 0. The lowest BCUT2D eigenvalue weighted by molar-refractivity contribution is -0.137. The number of esters is 1. The maximum absolute atomic E-state index is 12.2. The van der Waals surface area contributed by atoms with Gasteiger partial charge in [-0.05, 0) is 50.8 Å². The largest absolute Gasteiger partial charge is 0.464 e. The number of hydrogen-bond donors (Lipinski definition) is 0. The van der Waals surface area contributed by atoms with Crippen LogP contribution in [0.4, 0.5) is 0 Å². The van der Waals surface area contributed by atoms with Gasteiger partial charge in [-0.2, -0.15) is 0 Å². The molecule has 3 aromatic carbocycles. The molecule has 0 fully saturated rings. The number of allylic oxidation sites excluding steroid dienone is 2. The van der Waals surface area contributed by atoms with Gasteiger partial charge in [-0.3, -0.25) is 0 Å². The number of carbonyl (C=O) groups excluding carboxylic acids is 1. The summed E-state index contributed by atoms with van der Waals surface area (Å²) in [6, 6.07) is 26.5. The van der Waals surface area contributed by atoms with Crippen LogP contribution in [-0.2, 0) is 14.4 Å². The third kappa shape index (κ3) is 6.55. The molecule has 0 N–H and O–H groups in total. The molecule has 0 spiro atoms. The average Bonchev–Trinajstić information content (AvgIpc) is 2.92. The summed E-state index contributed by atoms with van der Waals surface area (Å²) < 4.78 is 12.1. The Labute approximate surface area is 220 Å². The standard InChI is InChI=1S/C31H32NO4P/c1-4-35-29(33)22-21-24-14-12-20-28(31(24)30-23(2)13-11-19-27(30)32-34-3)36-37(25-15-7-5-8-16-25)26-17-9-6-10-18-26/h5-10,12,14-18,20-22H,4,11,13,19H2,1-3H3/b22-21+,32-27+. The van der Waals surface area contributed by atoms with E-state index >= 15 is 0 Å². The van der Waals surface area contributed by atoms with E-state index in [0.717, 1.165) is 58.0 Å². The van der Waals surface area contributed by atoms with Gasteiger partial charge >= 0.3 is 5.97 Å². The van der Waals surface area contributed by atoms with Crippen molar-refractivity contribution in [3.05, 3.63) is 102 Å². The SMILES string of the molecule is CCOC(=O)/C=C/c1cccc(OP(c2ccccc2)c2ccccc2)c1C1=C(C)CCC/C1=N\OC. The molecule has 5 nitrogen and oxygen atoms in total. The smallest absolute Gasteiger partial charge is 0.330 e. The monoisotopic (exact) mass is 513 g/mol. The highest BCUT2D eigenvalue weighted by molar-refractivity contribution is 7.68. The number of ether oxygens (including phenoxy) is 1. The highest BCUT2D eigenvalue weighted by atomic mass is 31.1. The number of hydrogen-bond acceptors (Lipinski definition) is 5. The minimum atomic E-state index is -1.15. The first kappa shape index (κ1) is 26.4. The van der Waals surface area contributed by atoms with Gasteiger partial charge in [-0.1, -0.05) is 83.5 Å². The fourth-order valence-corrected chi connectivity index (χ4v) is 6.18. The van der Waals surface area contributed by atoms with Crippen LogP contribution in [0.15, 0.2) is 95.7 Å². The number of carbonyl (C=O) groups is 1. The molecule has 1 aliphatic rings. The van der Waals surface area contributed by atoms with E-state index in [1.807, 2.05) is 54.6 Å². The van der Waals surface area contributed by atoms with Crippen LogP contribution in [0.1, 0.15) is 44.2 Å². The Morgan fingerprint density at radius 3 is 2.24 bits per heavy atom. The predicted molar refractivity (Wildman–Crippen MR) is 153 cm³/mol. The van der Waals surface area contributed by atoms with Gasteiger partial charge in [0.2, 0.25) is 0 Å². The molecule has 0 heterocycles. The number of rotatable bonds is 9. The third-order valence-electron chi connectivity index (χ3n) is 6.05. The van der Waals surface area contributed by atoms with Crippen molar-refractivity contribution in [3.8, 4) is 5.75 Å². The molecule has 37 heavy (non-hydrogen) atoms. The molecule has 190 valence electrons. The molecular weight excluding hydrogens is 481 g/mol. The molecule has 0 aromatic heterocycles. The van der Waals surface area contributed by atoms with Crippen molar-refractivity contribution >= 4 is 42.1 Å². The van der Waals surface area contributed by atoms with Crippen LogP contribution in [0.25, 0.3) is 11.6 Å². The van der Waals surface area contributed by atoms with Gasteiger partial charge in [-0.15, -0.1) is 0 Å². The summed E-state index contributed by atoms with van der Waals surface area (Å²) in [5.74, 6) is 0.362. The van der Waals surface area contributed by atoms with Crippen LogP contribution in [0.5, 0.6) is 5.75 Å². The van der Waals surface area contributed by atoms with E-state index in [-0.39, 0.29) is 5.97 Å². The van der Waals surface area contributed by atoms with E-state index in [4.69, 9.17) is 14.1 Å². The molecule has 0 amide bonds. The van der Waals surface area contributed by atoms with Crippen LogP contribution >= 0.6 is 8.15 Å². The van der Waals surface area contributed by atoms with Crippen LogP contribution in [0, 0.1) is 0 Å². The van der Waals surface area contributed by atoms with Crippen molar-refractivity contribution in [2.24, 2.45) is 5.16 Å². The van der Waals surface area contributed by atoms with E-state index in [1.165, 1.54) is 11.6 Å². The Hall–Kier alpha value is -3.69. The zero-order chi connectivity index (χ0) is 26.0. The first-order chi connectivity index (χ1) is 18.1. The molecule has 0 saturated heterocycles. The lowest BCUT2D eigenvalue weighted by atomic mass is 9.84. The second-order valence-corrected chi connectivity index (χ2v) is 10.4. The van der Waals surface area contributed by atoms with E-state index in [9.17, 15) is 4.79 Å². The summed E-state index contributed by atoms with van der Waals surface area (Å²) in [6.45, 7) is 4.25. The average molecular weight is 514 g/mol. The van der Waals surface area contributed by atoms with Crippen molar-refractivity contribution in [2.75, 3.05) is 13.7 Å². The Morgan fingerprint density at radius 2 is 1.62 bits per heavy atom. The predicted octanol–water partition coefficient (Wildman–Crippen LogP) is 6.65. The minimum Gasteiger partial charge on any atom is -0.464 e. The maximum Gasteiger partial charge on any atom is 0.330 e. The van der Waals surface area contributed by atoms with Crippen molar-refractivity contribution in [3.63, 3.8) is 0 Å². The van der Waals surface area contributed by atoms with E-state index in [1.54, 1.807) is 20.1 Å². The van der Waals surface area contributed by atoms with Crippen LogP contribution < -0.4 is 15.1 Å². The Kier molecular flexibility index (Phi) is 9.29. The van der Waals surface area contributed by atoms with Crippen molar-refractivity contribution in [2.45, 2.75) is 33.1 Å². The fourth-order valence-electron chi connectivity index (χ4n) is 4.43.